The average molecular weight is 649 g/mol. The Kier molecular flexibility index (Phi) is 9.40. The number of urea groups is 1. The number of likely N-dealkylation sites (N-methyl/N-ethyl adjacent to an activating group) is 1. The van der Waals surface area contributed by atoms with Gasteiger partial charge >= 0.3 is 12.0 Å². The smallest absolute Gasteiger partial charge is 0.334 e. The number of amides is 4. The molecule has 0 spiro atoms. The number of benzene rings is 3. The molecular weight excluding hydrogens is 608 g/mol. The van der Waals surface area contributed by atoms with Crippen molar-refractivity contribution in [2.75, 3.05) is 13.6 Å². The summed E-state index contributed by atoms with van der Waals surface area (Å²) in [4.78, 5) is 62.4. The van der Waals surface area contributed by atoms with E-state index in [1.165, 1.54) is 0 Å². The number of pyridine rings is 1. The molecule has 3 atom stereocenters. The molecule has 4 aromatic rings. The maximum absolute atomic E-state index is 14.5. The molecule has 11 heteroatoms. The van der Waals surface area contributed by atoms with Crippen molar-refractivity contribution in [1.29, 1.82) is 0 Å². The molecule has 0 aliphatic carbocycles. The van der Waals surface area contributed by atoms with E-state index in [9.17, 15) is 19.2 Å². The van der Waals surface area contributed by atoms with Crippen LogP contribution in [0.25, 0.3) is 10.9 Å². The number of nitrogens with zero attached hydrogens (tertiary/aromatic N) is 5. The van der Waals surface area contributed by atoms with Gasteiger partial charge in [0, 0.05) is 38.1 Å². The first-order chi connectivity index (χ1) is 23.1. The third-order valence-corrected chi connectivity index (χ3v) is 8.98. The zero-order valence-corrected chi connectivity index (χ0v) is 27.6. The number of para-hydroxylation sites is 1. The number of hydrogen-bond acceptors (Lipinski definition) is 7. The molecule has 0 radical (unpaired) electrons. The van der Waals surface area contributed by atoms with Crippen molar-refractivity contribution < 1.29 is 23.9 Å². The first-order valence-electron chi connectivity index (χ1n) is 16.2. The molecule has 2 aliphatic heterocycles. The van der Waals surface area contributed by atoms with Gasteiger partial charge in [0.05, 0.1) is 24.0 Å². The van der Waals surface area contributed by atoms with Crippen LogP contribution in [0.1, 0.15) is 37.5 Å². The fourth-order valence-electron chi connectivity index (χ4n) is 6.45. The molecule has 1 aromatic heterocycles. The first-order valence-corrected chi connectivity index (χ1v) is 16.2. The summed E-state index contributed by atoms with van der Waals surface area (Å²) in [6, 6.07) is 24.5. The molecule has 2 saturated heterocycles. The van der Waals surface area contributed by atoms with Crippen molar-refractivity contribution in [2.24, 2.45) is 5.92 Å². The number of piperazine rings is 1. The number of ether oxygens (including phenoxy) is 1. The quantitative estimate of drug-likeness (QED) is 0.223. The van der Waals surface area contributed by atoms with Gasteiger partial charge in [-0.3, -0.25) is 19.4 Å². The summed E-state index contributed by atoms with van der Waals surface area (Å²) >= 11 is 0. The molecule has 3 heterocycles. The molecule has 0 saturated carbocycles. The monoisotopic (exact) mass is 648 g/mol. The number of hydrogen-bond donors (Lipinski definition) is 1. The van der Waals surface area contributed by atoms with Crippen LogP contribution in [0.15, 0.2) is 91.1 Å². The molecular formula is C37H40N6O5. The maximum Gasteiger partial charge on any atom is 0.334 e. The lowest BCUT2D eigenvalue weighted by Gasteiger charge is -2.57. The molecule has 3 aromatic carbocycles. The Balaban J connectivity index is 1.35. The Labute approximate surface area is 280 Å². The lowest BCUT2D eigenvalue weighted by atomic mass is 9.94. The molecule has 0 bridgehead atoms. The molecule has 48 heavy (non-hydrogen) atoms. The number of hydrazine groups is 1. The molecule has 11 nitrogen and oxygen atoms in total. The van der Waals surface area contributed by atoms with Crippen LogP contribution in [0.2, 0.25) is 0 Å². The highest BCUT2D eigenvalue weighted by Gasteiger charge is 2.54. The summed E-state index contributed by atoms with van der Waals surface area (Å²) in [6.45, 7) is 5.90. The summed E-state index contributed by atoms with van der Waals surface area (Å²) in [5, 5.41) is 7.16. The van der Waals surface area contributed by atoms with E-state index in [1.54, 1.807) is 71.2 Å². The minimum atomic E-state index is -0.885. The van der Waals surface area contributed by atoms with Crippen LogP contribution in [-0.2, 0) is 33.9 Å². The van der Waals surface area contributed by atoms with E-state index in [-0.39, 0.29) is 49.2 Å². The van der Waals surface area contributed by atoms with Crippen molar-refractivity contribution in [3.05, 3.63) is 108 Å². The fraction of sp³-hybridized carbons (Fsp3) is 0.324. The average Bonchev–Trinajstić information content (AvgIpc) is 3.08. The largest absolute Gasteiger partial charge is 0.426 e. The van der Waals surface area contributed by atoms with Gasteiger partial charge in [0.15, 0.2) is 0 Å². The number of carbonyl (C=O) groups is 4. The zero-order valence-electron chi connectivity index (χ0n) is 27.6. The van der Waals surface area contributed by atoms with E-state index in [0.29, 0.717) is 12.3 Å². The summed E-state index contributed by atoms with van der Waals surface area (Å²) in [7, 11) is 1.71. The van der Waals surface area contributed by atoms with Crippen molar-refractivity contribution in [3.63, 3.8) is 0 Å². The highest BCUT2D eigenvalue weighted by Crippen LogP contribution is 2.33. The van der Waals surface area contributed by atoms with Gasteiger partial charge in [0.25, 0.3) is 0 Å². The summed E-state index contributed by atoms with van der Waals surface area (Å²) in [5.74, 6) is -0.670. The lowest BCUT2D eigenvalue weighted by molar-refractivity contribution is -0.196. The third-order valence-electron chi connectivity index (χ3n) is 8.98. The topological polar surface area (TPSA) is 115 Å². The zero-order chi connectivity index (χ0) is 33.9. The Morgan fingerprint density at radius 2 is 1.67 bits per heavy atom. The van der Waals surface area contributed by atoms with Gasteiger partial charge in [0.2, 0.25) is 11.8 Å². The van der Waals surface area contributed by atoms with Crippen molar-refractivity contribution in [2.45, 2.75) is 58.5 Å². The minimum absolute atomic E-state index is 0.0664. The van der Waals surface area contributed by atoms with Crippen molar-refractivity contribution in [1.82, 2.24) is 30.1 Å². The molecule has 6 rings (SSSR count). The van der Waals surface area contributed by atoms with E-state index in [4.69, 9.17) is 4.74 Å². The van der Waals surface area contributed by atoms with Crippen LogP contribution in [0.4, 0.5) is 4.79 Å². The lowest BCUT2D eigenvalue weighted by Crippen LogP contribution is -2.78. The van der Waals surface area contributed by atoms with Gasteiger partial charge < -0.3 is 19.9 Å². The number of aromatic nitrogens is 1. The number of carbonyl (C=O) groups excluding carboxylic acids is 4. The summed E-state index contributed by atoms with van der Waals surface area (Å²) in [5.41, 5.74) is 3.38. The molecule has 4 amide bonds. The minimum Gasteiger partial charge on any atom is -0.426 e. The second-order valence-corrected chi connectivity index (χ2v) is 12.7. The van der Waals surface area contributed by atoms with Crippen LogP contribution in [-0.4, -0.2) is 80.5 Å². The van der Waals surface area contributed by atoms with Gasteiger partial charge in [-0.15, -0.1) is 0 Å². The Bertz CT molecular complexity index is 1810. The van der Waals surface area contributed by atoms with Crippen LogP contribution in [0, 0.1) is 5.92 Å². The SMILES string of the molecule is CC(C)C(=O)Oc1ccc(C[C@H]2C(=O)N(Cc3cccc4cccnc34)[C@@H](C)C3N2C(=O)CN(C)N3C(=O)NCc2ccccc2)cc1. The van der Waals surface area contributed by atoms with Crippen molar-refractivity contribution in [3.8, 4) is 5.75 Å². The predicted octanol–water partition coefficient (Wildman–Crippen LogP) is 4.37. The third kappa shape index (κ3) is 6.59. The molecule has 248 valence electrons. The van der Waals surface area contributed by atoms with Gasteiger partial charge in [0.1, 0.15) is 18.0 Å². The van der Waals surface area contributed by atoms with E-state index in [1.807, 2.05) is 67.6 Å². The Morgan fingerprint density at radius 1 is 0.938 bits per heavy atom. The maximum atomic E-state index is 14.5. The van der Waals surface area contributed by atoms with E-state index in [2.05, 4.69) is 10.3 Å². The molecule has 2 aliphatic rings. The highest BCUT2D eigenvalue weighted by atomic mass is 16.5. The van der Waals surface area contributed by atoms with Gasteiger partial charge in [-0.2, -0.15) is 0 Å². The Hall–Kier alpha value is -5.29. The van der Waals surface area contributed by atoms with Gasteiger partial charge in [-0.25, -0.2) is 14.8 Å². The van der Waals surface area contributed by atoms with E-state index < -0.39 is 18.2 Å². The second-order valence-electron chi connectivity index (χ2n) is 12.7. The summed E-state index contributed by atoms with van der Waals surface area (Å²) < 4.78 is 5.44. The molecule has 1 N–H and O–H groups in total. The Morgan fingerprint density at radius 3 is 2.40 bits per heavy atom. The fourth-order valence-corrected chi connectivity index (χ4v) is 6.45. The standard InChI is InChI=1S/C37H40N6O5/c1-24(2)36(46)48-30-17-15-26(16-18-30)20-31-35(45)41(22-29-13-8-12-28-14-9-19-38-33(28)29)25(3)34-42(31)32(44)23-40(4)43(34)37(47)39-21-27-10-6-5-7-11-27/h5-19,24-25,31,34H,20-23H2,1-4H3,(H,39,47)/t25-,31-,34?/m0/s1. The number of nitrogens with one attached hydrogen (secondary N) is 1. The van der Waals surface area contributed by atoms with Crippen molar-refractivity contribution >= 4 is 34.7 Å². The predicted molar refractivity (Wildman–Crippen MR) is 180 cm³/mol. The van der Waals surface area contributed by atoms with Crippen LogP contribution < -0.4 is 10.1 Å². The normalized spacial score (nSPS) is 19.9. The number of rotatable bonds is 8. The van der Waals surface area contributed by atoms with E-state index in [0.717, 1.165) is 27.6 Å². The van der Waals surface area contributed by atoms with Gasteiger partial charge in [-0.05, 0) is 41.8 Å². The molecule has 1 unspecified atom stereocenters. The van der Waals surface area contributed by atoms with Gasteiger partial charge in [-0.1, -0.05) is 80.6 Å². The van der Waals surface area contributed by atoms with Crippen LogP contribution in [0.5, 0.6) is 5.75 Å². The molecule has 2 fully saturated rings. The first kappa shape index (κ1) is 32.6. The van der Waals surface area contributed by atoms with Crippen LogP contribution >= 0.6 is 0 Å². The van der Waals surface area contributed by atoms with E-state index >= 15 is 0 Å². The highest BCUT2D eigenvalue weighted by molar-refractivity contribution is 5.92. The van der Waals surface area contributed by atoms with Crippen LogP contribution in [0.3, 0.4) is 0 Å². The summed E-state index contributed by atoms with van der Waals surface area (Å²) in [6.07, 6.45) is 1.16. The second kappa shape index (κ2) is 13.8. The number of fused-ring (bicyclic) bond motifs is 2. The number of esters is 1.